The molecule has 15 heteroatoms. The minimum Gasteiger partial charge on any atom is -0.697 e. The molecule has 8 aromatic carbocycles. The maximum atomic E-state index is 11.1. The molecule has 0 saturated heterocycles. The third-order valence-electron chi connectivity index (χ3n) is 11.2. The fourth-order valence-electron chi connectivity index (χ4n) is 7.17. The number of carbonyl (C=O) groups is 1. The van der Waals surface area contributed by atoms with Crippen molar-refractivity contribution >= 4 is 105 Å². The Labute approximate surface area is 722 Å². The third-order valence-corrected chi connectivity index (χ3v) is 15.7. The Hall–Kier alpha value is -7.06. The van der Waals surface area contributed by atoms with Gasteiger partial charge >= 0.3 is 55.7 Å². The van der Waals surface area contributed by atoms with Gasteiger partial charge in [0.05, 0.1) is 22.4 Å². The SMILES string of the molecule is Brc1ccc(-c2csc(-c3ccccc3)n2)cc1.C#C[CH2-].CC.CC.CC.CC.CC.CC.CC.CC.NC(=S)c1ccccc1.O=C(CBr)c1ccc(Br)cc1.[C-]#C.[C-]#C.[C-]#C.[CH2-]C#Cc1ccc(-c2csc(-c3ccccc3)n2)cc1.[CH2-]CCc1ccc(-c2csc(-c3ccccc3)n2)cc1.[V+2].[V+2].[V+2]. The molecular formula is C91H105Br3N4OS4V3. The van der Waals surface area contributed by atoms with Gasteiger partial charge in [-0.15, -0.1) is 34.0 Å². The largest absolute Gasteiger partial charge is 2.00 e. The normalized spacial score (nSPS) is 7.97. The number of benzene rings is 8. The Balaban J connectivity index is -0.000000149. The number of hydrogen-bond acceptors (Lipinski definition) is 8. The van der Waals surface area contributed by atoms with Crippen LogP contribution < -0.4 is 5.73 Å². The Morgan fingerprint density at radius 2 is 0.698 bits per heavy atom. The number of hydrogen-bond donors (Lipinski definition) is 1. The molecule has 0 aliphatic heterocycles. The third kappa shape index (κ3) is 51.3. The Morgan fingerprint density at radius 1 is 0.434 bits per heavy atom. The van der Waals surface area contributed by atoms with Gasteiger partial charge in [0.1, 0.15) is 20.0 Å². The van der Waals surface area contributed by atoms with E-state index in [0.717, 1.165) is 87.3 Å². The standard InChI is InChI=1S/C18H16NS.C18H12NS.C15H10BrNS.C8H6Br2O.C7H7NS.C3H3.8C2H6.3C2H.3V/c2*1-2-6-14-9-11-15(12-10-14)17-13-20-18(19-17)16-7-4-3-5-8-16;16-13-8-6-11(7-9-13)14-10-18-15(17-14)12-4-2-1-3-5-12;9-5-8(11)6-1-3-7(10)4-2-6;8-7(9)6-4-2-1-3-5-6;1-3-2;11*1-2;;;/h3-5,7-13H,1-2,6H2;3-5,7-13H,1H2;1-10H;1-4H,5H2;1-5H,(H2,8,9);1H,2H2;8*1-2H3;3*1H;;;/q2*-1;;;;-1;;;;;;;;;3*-1;3*+2. The summed E-state index contributed by atoms with van der Waals surface area (Å²) < 4.78 is 2.08. The molecule has 5 nitrogen and oxygen atoms in total. The first kappa shape index (κ1) is 117. The van der Waals surface area contributed by atoms with Crippen molar-refractivity contribution in [1.82, 2.24) is 15.0 Å². The molecule has 555 valence electrons. The summed E-state index contributed by atoms with van der Waals surface area (Å²) in [7, 11) is 0. The molecular weight excluding hydrogens is 1690 g/mol. The van der Waals surface area contributed by atoms with Crippen LogP contribution in [0.3, 0.4) is 0 Å². The van der Waals surface area contributed by atoms with Crippen molar-refractivity contribution in [1.29, 1.82) is 0 Å². The maximum absolute atomic E-state index is 11.1. The van der Waals surface area contributed by atoms with E-state index in [2.05, 4.69) is 200 Å². The van der Waals surface area contributed by atoms with Gasteiger partial charge in [-0.05, 0) is 24.3 Å². The zero-order chi connectivity index (χ0) is 79.6. The molecule has 0 fully saturated rings. The number of nitrogens with two attached hydrogens (primary N) is 1. The van der Waals surface area contributed by atoms with Crippen molar-refractivity contribution in [3.05, 3.63) is 306 Å². The monoisotopic (exact) mass is 1790 g/mol. The molecule has 106 heavy (non-hydrogen) atoms. The molecule has 3 heterocycles. The van der Waals surface area contributed by atoms with E-state index in [0.29, 0.717) is 10.3 Å². The van der Waals surface area contributed by atoms with Crippen LogP contribution in [0.5, 0.6) is 0 Å². The van der Waals surface area contributed by atoms with Crippen LogP contribution in [-0.4, -0.2) is 31.1 Å². The number of rotatable bonds is 11. The van der Waals surface area contributed by atoms with E-state index >= 15 is 0 Å². The zero-order valence-corrected chi connectivity index (χ0v) is 76.7. The van der Waals surface area contributed by atoms with Gasteiger partial charge < -0.3 is 63.5 Å². The molecule has 0 spiro atoms. The smallest absolute Gasteiger partial charge is 0.697 e. The maximum Gasteiger partial charge on any atom is 2.00 e. The zero-order valence-electron chi connectivity index (χ0n) is 64.5. The Kier molecular flexibility index (Phi) is 94.3. The fraction of sp³-hybridized carbons (Fsp3) is 0.209. The fourth-order valence-corrected chi connectivity index (χ4v) is 10.7. The molecule has 0 aliphatic rings. The number of halogens is 3. The first-order chi connectivity index (χ1) is 50.5. The van der Waals surface area contributed by atoms with Crippen LogP contribution in [0.1, 0.15) is 144 Å². The van der Waals surface area contributed by atoms with Gasteiger partial charge in [-0.2, -0.15) is 20.3 Å². The van der Waals surface area contributed by atoms with Crippen molar-refractivity contribution in [3.8, 4) is 109 Å². The van der Waals surface area contributed by atoms with Gasteiger partial charge in [0, 0.05) is 69.6 Å². The predicted molar refractivity (Wildman–Crippen MR) is 477 cm³/mol. The molecule has 11 rings (SSSR count). The van der Waals surface area contributed by atoms with Crippen molar-refractivity contribution in [2.24, 2.45) is 5.73 Å². The van der Waals surface area contributed by atoms with E-state index in [-0.39, 0.29) is 61.5 Å². The van der Waals surface area contributed by atoms with E-state index in [1.54, 1.807) is 46.1 Å². The Morgan fingerprint density at radius 3 is 0.953 bits per heavy atom. The van der Waals surface area contributed by atoms with E-state index in [4.69, 9.17) is 47.2 Å². The second kappa shape index (κ2) is 85.2. The van der Waals surface area contributed by atoms with Crippen LogP contribution in [0, 0.1) is 83.5 Å². The second-order valence-corrected chi connectivity index (χ2v) is 22.3. The van der Waals surface area contributed by atoms with Gasteiger partial charge in [-0.1, -0.05) is 382 Å². The number of Topliss-reactive ketones (excluding diaryl/α,β-unsaturated/α-hetero) is 1. The predicted octanol–water partition coefficient (Wildman–Crippen LogP) is 28.8. The number of carbonyl (C=O) groups excluding carboxylic acids is 1. The number of thiazole rings is 3. The molecule has 0 amide bonds. The molecule has 2 N–H and O–H groups in total. The number of alkyl halides is 1. The van der Waals surface area contributed by atoms with Crippen molar-refractivity contribution < 1.29 is 60.5 Å². The minimum absolute atomic E-state index is 0. The first-order valence-corrected chi connectivity index (χ1v) is 39.6. The average Bonchev–Trinajstić information content (AvgIpc) is 1.69. The van der Waals surface area contributed by atoms with E-state index in [1.165, 1.54) is 22.3 Å². The number of nitrogens with zero attached hydrogens (tertiary/aromatic N) is 3. The molecule has 0 saturated carbocycles. The summed E-state index contributed by atoms with van der Waals surface area (Å²) in [6.45, 7) is 42.4. The molecule has 3 radical (unpaired) electrons. The second-order valence-electron chi connectivity index (χ2n) is 16.9. The summed E-state index contributed by atoms with van der Waals surface area (Å²) in [6, 6.07) is 72.6. The van der Waals surface area contributed by atoms with Crippen LogP contribution in [0.15, 0.2) is 243 Å². The number of aryl methyl sites for hydroxylation is 1. The summed E-state index contributed by atoms with van der Waals surface area (Å²) in [4.78, 5) is 25.6. The summed E-state index contributed by atoms with van der Waals surface area (Å²) in [5, 5.41) is 9.88. The summed E-state index contributed by atoms with van der Waals surface area (Å²) in [5.74, 6) is 7.70. The molecule has 0 aliphatic carbocycles. The van der Waals surface area contributed by atoms with Gasteiger partial charge in [0.25, 0.3) is 0 Å². The number of aromatic nitrogens is 3. The molecule has 3 aromatic heterocycles. The van der Waals surface area contributed by atoms with Crippen LogP contribution in [0.4, 0.5) is 0 Å². The van der Waals surface area contributed by atoms with Crippen molar-refractivity contribution in [2.45, 2.75) is 124 Å². The number of thiocarbonyl (C=S) groups is 1. The first-order valence-electron chi connectivity index (χ1n) is 33.9. The molecule has 0 unspecified atom stereocenters. The van der Waals surface area contributed by atoms with E-state index < -0.39 is 0 Å². The van der Waals surface area contributed by atoms with Gasteiger partial charge in [0.15, 0.2) is 5.78 Å². The summed E-state index contributed by atoms with van der Waals surface area (Å²) >= 11 is 19.6. The van der Waals surface area contributed by atoms with Gasteiger partial charge in [-0.3, -0.25) is 16.6 Å². The average molecular weight is 1790 g/mol. The summed E-state index contributed by atoms with van der Waals surface area (Å²) in [6.07, 6.45) is 33.5. The van der Waals surface area contributed by atoms with Gasteiger partial charge in [-0.25, -0.2) is 15.0 Å². The molecule has 0 bridgehead atoms. The van der Waals surface area contributed by atoms with E-state index in [1.807, 2.05) is 250 Å². The molecule has 0 atom stereocenters. The Bertz CT molecular complexity index is 3890. The van der Waals surface area contributed by atoms with E-state index in [9.17, 15) is 4.79 Å². The van der Waals surface area contributed by atoms with Crippen LogP contribution in [-0.2, 0) is 62.1 Å². The van der Waals surface area contributed by atoms with Gasteiger partial charge in [0.2, 0.25) is 0 Å². The minimum atomic E-state index is 0. The number of ketones is 1. The van der Waals surface area contributed by atoms with Crippen molar-refractivity contribution in [3.63, 3.8) is 0 Å². The number of terminal acetylenes is 4. The van der Waals surface area contributed by atoms with Crippen molar-refractivity contribution in [2.75, 3.05) is 5.33 Å². The van der Waals surface area contributed by atoms with Crippen LogP contribution in [0.2, 0.25) is 0 Å². The quantitative estimate of drug-likeness (QED) is 0.0457. The van der Waals surface area contributed by atoms with Crippen LogP contribution >= 0.6 is 94.0 Å². The topological polar surface area (TPSA) is 81.8 Å². The van der Waals surface area contributed by atoms with Crippen LogP contribution in [0.25, 0.3) is 65.5 Å². The molecule has 11 aromatic rings. The summed E-state index contributed by atoms with van der Waals surface area (Å²) in [5.41, 5.74) is 19.3.